The van der Waals surface area contributed by atoms with E-state index in [1.165, 1.54) is 11.1 Å². The van der Waals surface area contributed by atoms with Gasteiger partial charge in [-0.15, -0.1) is 0 Å². The second-order valence-corrected chi connectivity index (χ2v) is 7.14. The molecule has 0 aliphatic carbocycles. The van der Waals surface area contributed by atoms with E-state index in [0.29, 0.717) is 17.9 Å². The molecule has 4 rings (SSSR count). The first-order valence-corrected chi connectivity index (χ1v) is 9.30. The molecule has 1 aromatic carbocycles. The summed E-state index contributed by atoms with van der Waals surface area (Å²) in [6, 6.07) is 12.3. The number of furan rings is 2. The average Bonchev–Trinajstić information content (AvgIpc) is 3.28. The number of benzene rings is 1. The van der Waals surface area contributed by atoms with Gasteiger partial charge < -0.3 is 14.2 Å². The Hall–Kier alpha value is -2.79. The molecule has 0 spiro atoms. The number of carbonyl (C=O) groups is 1. The molecule has 0 saturated carbocycles. The van der Waals surface area contributed by atoms with Gasteiger partial charge in [-0.05, 0) is 31.5 Å². The molecule has 0 radical (unpaired) electrons. The molecule has 0 atom stereocenters. The second-order valence-electron chi connectivity index (χ2n) is 7.14. The first-order chi connectivity index (χ1) is 13.1. The van der Waals surface area contributed by atoms with Crippen LogP contribution in [0.1, 0.15) is 44.3 Å². The van der Waals surface area contributed by atoms with Crippen LogP contribution in [0.25, 0.3) is 0 Å². The van der Waals surface area contributed by atoms with Crippen LogP contribution in [-0.2, 0) is 26.1 Å². The molecule has 1 amide bonds. The van der Waals surface area contributed by atoms with E-state index < -0.39 is 0 Å². The molecular formula is C22H24N2O3. The summed E-state index contributed by atoms with van der Waals surface area (Å²) < 4.78 is 11.2. The summed E-state index contributed by atoms with van der Waals surface area (Å²) in [7, 11) is 0. The van der Waals surface area contributed by atoms with E-state index in [-0.39, 0.29) is 5.91 Å². The number of rotatable bonds is 5. The zero-order valence-corrected chi connectivity index (χ0v) is 15.7. The summed E-state index contributed by atoms with van der Waals surface area (Å²) in [4.78, 5) is 15.1. The predicted octanol–water partition coefficient (Wildman–Crippen LogP) is 3.98. The lowest BCUT2D eigenvalue weighted by molar-refractivity contribution is 0.0944. The van der Waals surface area contributed by atoms with Gasteiger partial charge in [0.05, 0.1) is 18.4 Å². The number of nitrogens with zero attached hydrogens (tertiary/aromatic N) is 1. The number of amides is 1. The van der Waals surface area contributed by atoms with E-state index in [1.54, 1.807) is 6.26 Å². The van der Waals surface area contributed by atoms with E-state index in [2.05, 4.69) is 41.4 Å². The lowest BCUT2D eigenvalue weighted by Crippen LogP contribution is -2.31. The van der Waals surface area contributed by atoms with Crippen molar-refractivity contribution >= 4 is 5.91 Å². The van der Waals surface area contributed by atoms with Crippen molar-refractivity contribution in [3.8, 4) is 0 Å². The Labute approximate surface area is 159 Å². The number of hydrogen-bond donors (Lipinski definition) is 1. The molecule has 0 bridgehead atoms. The van der Waals surface area contributed by atoms with Crippen LogP contribution in [0.15, 0.2) is 51.5 Å². The lowest BCUT2D eigenvalue weighted by Gasteiger charge is -2.26. The fourth-order valence-electron chi connectivity index (χ4n) is 3.63. The van der Waals surface area contributed by atoms with Crippen molar-refractivity contribution in [3.05, 3.63) is 82.2 Å². The third-order valence-electron chi connectivity index (χ3n) is 5.06. The van der Waals surface area contributed by atoms with Crippen LogP contribution in [-0.4, -0.2) is 17.4 Å². The van der Waals surface area contributed by atoms with E-state index >= 15 is 0 Å². The molecule has 140 valence electrons. The smallest absolute Gasteiger partial charge is 0.255 e. The zero-order valence-electron chi connectivity index (χ0n) is 15.7. The van der Waals surface area contributed by atoms with Crippen LogP contribution < -0.4 is 5.32 Å². The van der Waals surface area contributed by atoms with Crippen LogP contribution in [0.5, 0.6) is 0 Å². The van der Waals surface area contributed by atoms with Crippen LogP contribution in [0, 0.1) is 13.8 Å². The second kappa shape index (κ2) is 7.45. The molecule has 3 aromatic rings. The van der Waals surface area contributed by atoms with Crippen molar-refractivity contribution in [3.63, 3.8) is 0 Å². The van der Waals surface area contributed by atoms with Gasteiger partial charge in [0.1, 0.15) is 17.3 Å². The Morgan fingerprint density at radius 3 is 2.74 bits per heavy atom. The summed E-state index contributed by atoms with van der Waals surface area (Å²) in [5.74, 6) is 2.26. The minimum atomic E-state index is -0.105. The molecule has 27 heavy (non-hydrogen) atoms. The lowest BCUT2D eigenvalue weighted by atomic mass is 10.0. The SMILES string of the molecule is Cc1ccc(CN2CCc3oc(C)c(C(=O)NCc4ccco4)c3C2)cc1. The van der Waals surface area contributed by atoms with Crippen LogP contribution >= 0.6 is 0 Å². The van der Waals surface area contributed by atoms with E-state index in [0.717, 1.165) is 43.1 Å². The van der Waals surface area contributed by atoms with Gasteiger partial charge in [-0.2, -0.15) is 0 Å². The summed E-state index contributed by atoms with van der Waals surface area (Å²) in [5.41, 5.74) is 4.24. The van der Waals surface area contributed by atoms with Gasteiger partial charge >= 0.3 is 0 Å². The molecule has 2 aromatic heterocycles. The number of nitrogens with one attached hydrogen (secondary N) is 1. The highest BCUT2D eigenvalue weighted by molar-refractivity contribution is 5.97. The fourth-order valence-corrected chi connectivity index (χ4v) is 3.63. The molecule has 5 heteroatoms. The van der Waals surface area contributed by atoms with E-state index in [1.807, 2.05) is 19.1 Å². The third kappa shape index (κ3) is 3.83. The fraction of sp³-hybridized carbons (Fsp3) is 0.318. The molecule has 1 aliphatic heterocycles. The zero-order chi connectivity index (χ0) is 18.8. The number of aryl methyl sites for hydroxylation is 2. The molecule has 0 fully saturated rings. The first kappa shape index (κ1) is 17.6. The molecule has 0 unspecified atom stereocenters. The third-order valence-corrected chi connectivity index (χ3v) is 5.06. The van der Waals surface area contributed by atoms with Gasteiger partial charge in [0, 0.05) is 31.6 Å². The number of hydrogen-bond acceptors (Lipinski definition) is 4. The van der Waals surface area contributed by atoms with E-state index in [4.69, 9.17) is 8.83 Å². The maximum absolute atomic E-state index is 12.8. The predicted molar refractivity (Wildman–Crippen MR) is 102 cm³/mol. The van der Waals surface area contributed by atoms with Gasteiger partial charge in [0.15, 0.2) is 0 Å². The minimum Gasteiger partial charge on any atom is -0.467 e. The molecular weight excluding hydrogens is 340 g/mol. The highest BCUT2D eigenvalue weighted by atomic mass is 16.3. The minimum absolute atomic E-state index is 0.105. The summed E-state index contributed by atoms with van der Waals surface area (Å²) in [6.07, 6.45) is 2.43. The van der Waals surface area contributed by atoms with Gasteiger partial charge in [0.2, 0.25) is 0 Å². The maximum atomic E-state index is 12.8. The van der Waals surface area contributed by atoms with Crippen molar-refractivity contribution < 1.29 is 13.6 Å². The topological polar surface area (TPSA) is 58.6 Å². The van der Waals surface area contributed by atoms with Gasteiger partial charge in [-0.3, -0.25) is 9.69 Å². The largest absolute Gasteiger partial charge is 0.467 e. The van der Waals surface area contributed by atoms with Crippen molar-refractivity contribution in [2.75, 3.05) is 6.54 Å². The maximum Gasteiger partial charge on any atom is 0.255 e. The molecule has 0 saturated heterocycles. The van der Waals surface area contributed by atoms with Crippen molar-refractivity contribution in [1.82, 2.24) is 10.2 Å². The standard InChI is InChI=1S/C22H24N2O3/c1-15-5-7-17(8-6-15)13-24-10-9-20-19(14-24)21(16(2)27-20)22(25)23-12-18-4-3-11-26-18/h3-8,11H,9-10,12-14H2,1-2H3,(H,23,25). The van der Waals surface area contributed by atoms with Crippen LogP contribution in [0.3, 0.4) is 0 Å². The number of fused-ring (bicyclic) bond motifs is 1. The Bertz CT molecular complexity index is 923. The van der Waals surface area contributed by atoms with Crippen molar-refractivity contribution in [1.29, 1.82) is 0 Å². The average molecular weight is 364 g/mol. The first-order valence-electron chi connectivity index (χ1n) is 9.30. The summed E-state index contributed by atoms with van der Waals surface area (Å²) in [6.45, 7) is 6.87. The van der Waals surface area contributed by atoms with Gasteiger partial charge in [-0.25, -0.2) is 0 Å². The van der Waals surface area contributed by atoms with Crippen LogP contribution in [0.4, 0.5) is 0 Å². The van der Waals surface area contributed by atoms with E-state index in [9.17, 15) is 4.79 Å². The summed E-state index contributed by atoms with van der Waals surface area (Å²) in [5, 5.41) is 2.94. The molecule has 1 aliphatic rings. The quantitative estimate of drug-likeness (QED) is 0.744. The Morgan fingerprint density at radius 1 is 1.19 bits per heavy atom. The monoisotopic (exact) mass is 364 g/mol. The molecule has 3 heterocycles. The Kier molecular flexibility index (Phi) is 4.86. The van der Waals surface area contributed by atoms with Gasteiger partial charge in [-0.1, -0.05) is 29.8 Å². The highest BCUT2D eigenvalue weighted by Crippen LogP contribution is 2.29. The number of carbonyl (C=O) groups excluding carboxylic acids is 1. The van der Waals surface area contributed by atoms with Crippen molar-refractivity contribution in [2.45, 2.75) is 39.9 Å². The molecule has 1 N–H and O–H groups in total. The normalized spacial score (nSPS) is 14.1. The Morgan fingerprint density at radius 2 is 2.00 bits per heavy atom. The van der Waals surface area contributed by atoms with Crippen LogP contribution in [0.2, 0.25) is 0 Å². The highest BCUT2D eigenvalue weighted by Gasteiger charge is 2.28. The van der Waals surface area contributed by atoms with Gasteiger partial charge in [0.25, 0.3) is 5.91 Å². The van der Waals surface area contributed by atoms with Crippen molar-refractivity contribution in [2.24, 2.45) is 0 Å². The molecule has 5 nitrogen and oxygen atoms in total. The summed E-state index contributed by atoms with van der Waals surface area (Å²) >= 11 is 0. The Balaban J connectivity index is 1.48.